The van der Waals surface area contributed by atoms with Crippen LogP contribution in [0, 0.1) is 11.3 Å². The summed E-state index contributed by atoms with van der Waals surface area (Å²) in [7, 11) is 0. The molecule has 0 radical (unpaired) electrons. The summed E-state index contributed by atoms with van der Waals surface area (Å²) in [4.78, 5) is 3.06. The molecular weight excluding hydrogens is 208 g/mol. The molecule has 0 aliphatic heterocycles. The molecule has 0 saturated carbocycles. The molecule has 2 heteroatoms. The Bertz CT molecular complexity index is 703. The van der Waals surface area contributed by atoms with Crippen LogP contribution in [0.4, 0.5) is 0 Å². The average molecular weight is 218 g/mol. The molecule has 3 rings (SSSR count). The Morgan fingerprint density at radius 1 is 0.882 bits per heavy atom. The normalized spacial score (nSPS) is 10.3. The van der Waals surface area contributed by atoms with E-state index in [9.17, 15) is 0 Å². The van der Waals surface area contributed by atoms with E-state index in [4.69, 9.17) is 5.26 Å². The van der Waals surface area contributed by atoms with Gasteiger partial charge in [0.1, 0.15) is 11.8 Å². The smallest absolute Gasteiger partial charge is 0.118 e. The van der Waals surface area contributed by atoms with Gasteiger partial charge < -0.3 is 4.98 Å². The van der Waals surface area contributed by atoms with Crippen LogP contribution in [0.1, 0.15) is 5.69 Å². The maximum absolute atomic E-state index is 8.84. The van der Waals surface area contributed by atoms with Gasteiger partial charge in [-0.15, -0.1) is 0 Å². The number of nitrogens with zero attached hydrogens (tertiary/aromatic N) is 1. The Hall–Kier alpha value is -2.53. The van der Waals surface area contributed by atoms with Gasteiger partial charge in [0.15, 0.2) is 0 Å². The van der Waals surface area contributed by atoms with Gasteiger partial charge in [-0.25, -0.2) is 0 Å². The molecule has 0 amide bonds. The summed E-state index contributed by atoms with van der Waals surface area (Å²) >= 11 is 0. The zero-order chi connectivity index (χ0) is 11.7. The summed E-state index contributed by atoms with van der Waals surface area (Å²) < 4.78 is 0. The van der Waals surface area contributed by atoms with Gasteiger partial charge in [0.25, 0.3) is 0 Å². The lowest BCUT2D eigenvalue weighted by molar-refractivity contribution is 1.37. The number of hydrogen-bond donors (Lipinski definition) is 1. The fourth-order valence-electron chi connectivity index (χ4n) is 2.00. The lowest BCUT2D eigenvalue weighted by Gasteiger charge is -2.00. The quantitative estimate of drug-likeness (QED) is 0.664. The van der Waals surface area contributed by atoms with Gasteiger partial charge >= 0.3 is 0 Å². The second-order valence-electron chi connectivity index (χ2n) is 3.96. The Morgan fingerprint density at radius 3 is 2.47 bits per heavy atom. The van der Waals surface area contributed by atoms with E-state index in [-0.39, 0.29) is 0 Å². The average Bonchev–Trinajstić information content (AvgIpc) is 2.81. The maximum Gasteiger partial charge on any atom is 0.118 e. The molecule has 0 fully saturated rings. The van der Waals surface area contributed by atoms with Crippen molar-refractivity contribution in [1.29, 1.82) is 5.26 Å². The lowest BCUT2D eigenvalue weighted by Crippen LogP contribution is -1.76. The first-order valence-corrected chi connectivity index (χ1v) is 5.45. The number of aromatic amines is 1. The van der Waals surface area contributed by atoms with Crippen LogP contribution < -0.4 is 0 Å². The first kappa shape index (κ1) is 9.68. The second-order valence-corrected chi connectivity index (χ2v) is 3.96. The molecule has 0 bridgehead atoms. The molecule has 0 atom stereocenters. The molecule has 0 saturated heterocycles. The highest BCUT2D eigenvalue weighted by molar-refractivity contribution is 5.86. The molecule has 1 aromatic heterocycles. The van der Waals surface area contributed by atoms with Gasteiger partial charge in [-0.2, -0.15) is 5.26 Å². The van der Waals surface area contributed by atoms with Crippen molar-refractivity contribution >= 4 is 10.9 Å². The zero-order valence-corrected chi connectivity index (χ0v) is 9.14. The highest BCUT2D eigenvalue weighted by Crippen LogP contribution is 2.24. The Morgan fingerprint density at radius 2 is 1.71 bits per heavy atom. The number of nitriles is 1. The first-order valence-electron chi connectivity index (χ1n) is 5.45. The van der Waals surface area contributed by atoms with Gasteiger partial charge in [-0.3, -0.25) is 0 Å². The van der Waals surface area contributed by atoms with Crippen LogP contribution in [-0.2, 0) is 0 Å². The molecule has 0 aliphatic rings. The van der Waals surface area contributed by atoms with Crippen LogP contribution >= 0.6 is 0 Å². The molecule has 1 heterocycles. The maximum atomic E-state index is 8.84. The van der Waals surface area contributed by atoms with Crippen molar-refractivity contribution in [2.75, 3.05) is 0 Å². The van der Waals surface area contributed by atoms with Crippen molar-refractivity contribution in [1.82, 2.24) is 4.98 Å². The van der Waals surface area contributed by atoms with Crippen LogP contribution in [0.2, 0.25) is 0 Å². The third kappa shape index (κ3) is 1.68. The minimum absolute atomic E-state index is 0.602. The summed E-state index contributed by atoms with van der Waals surface area (Å²) in [5.41, 5.74) is 3.96. The monoisotopic (exact) mass is 218 g/mol. The number of fused-ring (bicyclic) bond motifs is 1. The van der Waals surface area contributed by atoms with E-state index in [1.54, 1.807) is 0 Å². The summed E-state index contributed by atoms with van der Waals surface area (Å²) in [6.07, 6.45) is 0. The zero-order valence-electron chi connectivity index (χ0n) is 9.14. The van der Waals surface area contributed by atoms with Crippen LogP contribution in [0.15, 0.2) is 54.6 Å². The van der Waals surface area contributed by atoms with Gasteiger partial charge in [0, 0.05) is 10.9 Å². The minimum Gasteiger partial charge on any atom is -0.346 e. The number of benzene rings is 2. The molecular formula is C15H10N2. The van der Waals surface area contributed by atoms with Crippen molar-refractivity contribution < 1.29 is 0 Å². The van der Waals surface area contributed by atoms with Crippen molar-refractivity contribution in [3.63, 3.8) is 0 Å². The predicted molar refractivity (Wildman–Crippen MR) is 68.4 cm³/mol. The summed E-state index contributed by atoms with van der Waals surface area (Å²) in [6.45, 7) is 0. The van der Waals surface area contributed by atoms with E-state index in [1.165, 1.54) is 11.1 Å². The van der Waals surface area contributed by atoms with E-state index in [2.05, 4.69) is 35.3 Å². The van der Waals surface area contributed by atoms with Gasteiger partial charge in [0.2, 0.25) is 0 Å². The fourth-order valence-corrected chi connectivity index (χ4v) is 2.00. The number of rotatable bonds is 1. The van der Waals surface area contributed by atoms with E-state index in [1.807, 2.05) is 30.3 Å². The van der Waals surface area contributed by atoms with Crippen molar-refractivity contribution in [2.24, 2.45) is 0 Å². The molecule has 0 aliphatic carbocycles. The number of H-pyrrole nitrogens is 1. The van der Waals surface area contributed by atoms with Gasteiger partial charge in [0.05, 0.1) is 0 Å². The fraction of sp³-hybridized carbons (Fsp3) is 0. The first-order chi connectivity index (χ1) is 8.36. The summed E-state index contributed by atoms with van der Waals surface area (Å²) in [5, 5.41) is 9.92. The standard InChI is InChI=1S/C15H10N2/c16-10-14-9-13-8-12(6-7-15(13)17-14)11-4-2-1-3-5-11/h1-9,17H. The number of nitrogens with one attached hydrogen (secondary N) is 1. The van der Waals surface area contributed by atoms with Gasteiger partial charge in [-0.1, -0.05) is 36.4 Å². The Kier molecular flexibility index (Phi) is 2.16. The van der Waals surface area contributed by atoms with E-state index < -0.39 is 0 Å². The lowest BCUT2D eigenvalue weighted by atomic mass is 10.0. The summed E-state index contributed by atoms with van der Waals surface area (Å²) in [5.74, 6) is 0. The number of aromatic nitrogens is 1. The number of hydrogen-bond acceptors (Lipinski definition) is 1. The molecule has 17 heavy (non-hydrogen) atoms. The summed E-state index contributed by atoms with van der Waals surface area (Å²) in [6, 6.07) is 20.4. The van der Waals surface area contributed by atoms with Crippen LogP contribution in [-0.4, -0.2) is 4.98 Å². The molecule has 2 aromatic carbocycles. The molecule has 3 aromatic rings. The molecule has 2 nitrogen and oxygen atoms in total. The van der Waals surface area contributed by atoms with Gasteiger partial charge in [-0.05, 0) is 29.3 Å². The highest BCUT2D eigenvalue weighted by atomic mass is 14.7. The van der Waals surface area contributed by atoms with Crippen molar-refractivity contribution in [3.05, 3.63) is 60.3 Å². The van der Waals surface area contributed by atoms with Crippen LogP contribution in [0.25, 0.3) is 22.0 Å². The Labute approximate surface area is 99.1 Å². The molecule has 80 valence electrons. The largest absolute Gasteiger partial charge is 0.346 e. The minimum atomic E-state index is 0.602. The third-order valence-electron chi connectivity index (χ3n) is 2.85. The SMILES string of the molecule is N#Cc1cc2cc(-c3ccccc3)ccc2[nH]1. The molecule has 0 spiro atoms. The molecule has 0 unspecified atom stereocenters. The second kappa shape index (κ2) is 3.80. The van der Waals surface area contributed by atoms with E-state index in [0.29, 0.717) is 5.69 Å². The predicted octanol–water partition coefficient (Wildman–Crippen LogP) is 3.71. The topological polar surface area (TPSA) is 39.6 Å². The van der Waals surface area contributed by atoms with Crippen LogP contribution in [0.5, 0.6) is 0 Å². The Balaban J connectivity index is 2.17. The van der Waals surface area contributed by atoms with E-state index in [0.717, 1.165) is 10.9 Å². The van der Waals surface area contributed by atoms with Crippen LogP contribution in [0.3, 0.4) is 0 Å². The van der Waals surface area contributed by atoms with Crippen molar-refractivity contribution in [3.8, 4) is 17.2 Å². The third-order valence-corrected chi connectivity index (χ3v) is 2.85. The van der Waals surface area contributed by atoms with E-state index >= 15 is 0 Å². The molecule has 1 N–H and O–H groups in total. The highest BCUT2D eigenvalue weighted by Gasteiger charge is 2.02. The van der Waals surface area contributed by atoms with Crippen molar-refractivity contribution in [2.45, 2.75) is 0 Å².